The van der Waals surface area contributed by atoms with E-state index in [1.165, 1.54) is 6.33 Å². The molecule has 4 nitrogen and oxygen atoms in total. The molecule has 2 aromatic rings. The summed E-state index contributed by atoms with van der Waals surface area (Å²) in [7, 11) is 0. The smallest absolute Gasteiger partial charge is 0.356 e. The average molecular weight is 342 g/mol. The van der Waals surface area contributed by atoms with Crippen LogP contribution in [0.2, 0.25) is 0 Å². The van der Waals surface area contributed by atoms with Crippen molar-refractivity contribution in [3.8, 4) is 0 Å². The van der Waals surface area contributed by atoms with Crippen molar-refractivity contribution in [2.24, 2.45) is 5.92 Å². The summed E-state index contributed by atoms with van der Waals surface area (Å²) in [5.41, 5.74) is 0. The number of fused-ring (bicyclic) bond motifs is 2. The molecule has 0 aliphatic carbocycles. The van der Waals surface area contributed by atoms with Crippen LogP contribution in [-0.2, 0) is 6.42 Å². The standard InChI is InChI=1S/C15H17F3N4S/c16-15(17,18)6-10-5-11-13(20-8-21-14(11)23-10)22-4-2-12-9(7-22)1-3-19-12/h5,8-9,12,19H,1-4,6-7H2. The highest BCUT2D eigenvalue weighted by Crippen LogP contribution is 2.35. The van der Waals surface area contributed by atoms with Gasteiger partial charge in [-0.15, -0.1) is 11.3 Å². The predicted octanol–water partition coefficient (Wildman–Crippen LogP) is 2.98. The lowest BCUT2D eigenvalue weighted by atomic mass is 9.93. The van der Waals surface area contributed by atoms with Gasteiger partial charge in [-0.25, -0.2) is 9.97 Å². The Morgan fingerprint density at radius 1 is 1.30 bits per heavy atom. The van der Waals surface area contributed by atoms with E-state index in [1.54, 1.807) is 6.07 Å². The third kappa shape index (κ3) is 3.01. The molecule has 4 rings (SSSR count). The van der Waals surface area contributed by atoms with Crippen LogP contribution in [0.1, 0.15) is 17.7 Å². The Labute approximate surface area is 135 Å². The summed E-state index contributed by atoms with van der Waals surface area (Å²) in [5.74, 6) is 1.38. The summed E-state index contributed by atoms with van der Waals surface area (Å²) in [6.45, 7) is 2.84. The quantitative estimate of drug-likeness (QED) is 0.911. The topological polar surface area (TPSA) is 41.0 Å². The van der Waals surface area contributed by atoms with Gasteiger partial charge in [0.1, 0.15) is 17.0 Å². The fourth-order valence-electron chi connectivity index (χ4n) is 3.67. The van der Waals surface area contributed by atoms with Crippen molar-refractivity contribution in [1.29, 1.82) is 0 Å². The minimum absolute atomic E-state index is 0.298. The first-order valence-corrected chi connectivity index (χ1v) is 8.60. The van der Waals surface area contributed by atoms with Gasteiger partial charge in [0.25, 0.3) is 0 Å². The number of piperidine rings is 1. The second-order valence-electron chi connectivity index (χ2n) is 6.26. The van der Waals surface area contributed by atoms with Crippen LogP contribution >= 0.6 is 11.3 Å². The van der Waals surface area contributed by atoms with E-state index in [1.807, 2.05) is 0 Å². The second kappa shape index (κ2) is 5.59. The monoisotopic (exact) mass is 342 g/mol. The van der Waals surface area contributed by atoms with E-state index < -0.39 is 12.6 Å². The van der Waals surface area contributed by atoms with E-state index in [4.69, 9.17) is 0 Å². The number of hydrogen-bond acceptors (Lipinski definition) is 5. The number of anilines is 1. The van der Waals surface area contributed by atoms with Gasteiger partial charge in [0.15, 0.2) is 0 Å². The zero-order valence-electron chi connectivity index (χ0n) is 12.4. The van der Waals surface area contributed by atoms with Crippen molar-refractivity contribution in [2.45, 2.75) is 31.5 Å². The van der Waals surface area contributed by atoms with Crippen LogP contribution in [0, 0.1) is 5.92 Å². The van der Waals surface area contributed by atoms with E-state index in [0.29, 0.717) is 21.7 Å². The molecule has 2 aromatic heterocycles. The van der Waals surface area contributed by atoms with Gasteiger partial charge in [-0.05, 0) is 31.4 Å². The fraction of sp³-hybridized carbons (Fsp3) is 0.600. The lowest BCUT2D eigenvalue weighted by Crippen LogP contribution is -2.44. The summed E-state index contributed by atoms with van der Waals surface area (Å²) in [4.78, 5) is 11.7. The maximum Gasteiger partial charge on any atom is 0.393 e. The Morgan fingerprint density at radius 3 is 3.00 bits per heavy atom. The molecule has 0 spiro atoms. The van der Waals surface area contributed by atoms with Crippen molar-refractivity contribution in [3.05, 3.63) is 17.3 Å². The molecule has 0 aromatic carbocycles. The predicted molar refractivity (Wildman–Crippen MR) is 83.9 cm³/mol. The van der Waals surface area contributed by atoms with Crippen LogP contribution in [0.25, 0.3) is 10.2 Å². The number of nitrogens with zero attached hydrogens (tertiary/aromatic N) is 3. The molecular weight excluding hydrogens is 325 g/mol. The molecule has 0 radical (unpaired) electrons. The highest BCUT2D eigenvalue weighted by atomic mass is 32.1. The number of aromatic nitrogens is 2. The van der Waals surface area contributed by atoms with Gasteiger partial charge in [0, 0.05) is 24.0 Å². The number of rotatable bonds is 2. The molecule has 8 heteroatoms. The number of thiophene rings is 1. The molecule has 23 heavy (non-hydrogen) atoms. The first-order chi connectivity index (χ1) is 11.0. The Kier molecular flexibility index (Phi) is 3.68. The van der Waals surface area contributed by atoms with Crippen molar-refractivity contribution in [1.82, 2.24) is 15.3 Å². The van der Waals surface area contributed by atoms with Crippen LogP contribution in [0.5, 0.6) is 0 Å². The van der Waals surface area contributed by atoms with Crippen molar-refractivity contribution in [3.63, 3.8) is 0 Å². The minimum Gasteiger partial charge on any atom is -0.356 e. The minimum atomic E-state index is -4.19. The van der Waals surface area contributed by atoms with Crippen molar-refractivity contribution < 1.29 is 13.2 Å². The first kappa shape index (κ1) is 15.1. The van der Waals surface area contributed by atoms with E-state index >= 15 is 0 Å². The van der Waals surface area contributed by atoms with E-state index in [2.05, 4.69) is 20.2 Å². The molecule has 2 saturated heterocycles. The molecule has 0 saturated carbocycles. The van der Waals surface area contributed by atoms with Crippen LogP contribution < -0.4 is 10.2 Å². The molecule has 4 heterocycles. The van der Waals surface area contributed by atoms with Gasteiger partial charge in [-0.2, -0.15) is 13.2 Å². The Balaban J connectivity index is 1.64. The van der Waals surface area contributed by atoms with Gasteiger partial charge in [0.2, 0.25) is 0 Å². The molecule has 2 unspecified atom stereocenters. The van der Waals surface area contributed by atoms with Gasteiger partial charge in [0.05, 0.1) is 11.8 Å². The molecule has 0 amide bonds. The highest BCUT2D eigenvalue weighted by molar-refractivity contribution is 7.18. The molecule has 0 bridgehead atoms. The summed E-state index contributed by atoms with van der Waals surface area (Å²) in [5, 5.41) is 4.27. The normalized spacial score (nSPS) is 25.1. The van der Waals surface area contributed by atoms with Crippen LogP contribution in [0.15, 0.2) is 12.4 Å². The average Bonchev–Trinajstić information content (AvgIpc) is 3.09. The van der Waals surface area contributed by atoms with Gasteiger partial charge in [-0.1, -0.05) is 0 Å². The first-order valence-electron chi connectivity index (χ1n) is 7.78. The van der Waals surface area contributed by atoms with Gasteiger partial charge in [-0.3, -0.25) is 0 Å². The van der Waals surface area contributed by atoms with Crippen LogP contribution in [0.3, 0.4) is 0 Å². The van der Waals surface area contributed by atoms with Crippen LogP contribution in [0.4, 0.5) is 19.0 Å². The zero-order chi connectivity index (χ0) is 16.0. The Morgan fingerprint density at radius 2 is 2.17 bits per heavy atom. The summed E-state index contributed by atoms with van der Waals surface area (Å²) in [6.07, 6.45) is -1.43. The largest absolute Gasteiger partial charge is 0.393 e. The summed E-state index contributed by atoms with van der Waals surface area (Å²) in [6, 6.07) is 2.19. The lowest BCUT2D eigenvalue weighted by molar-refractivity contribution is -0.126. The van der Waals surface area contributed by atoms with Crippen molar-refractivity contribution >= 4 is 27.4 Å². The van der Waals surface area contributed by atoms with Crippen LogP contribution in [-0.4, -0.2) is 41.8 Å². The molecule has 1 N–H and O–H groups in total. The van der Waals surface area contributed by atoms with Gasteiger partial charge >= 0.3 is 6.18 Å². The molecule has 2 aliphatic rings. The molecule has 2 aliphatic heterocycles. The fourth-order valence-corrected chi connectivity index (χ4v) is 4.69. The molecular formula is C15H17F3N4S. The van der Waals surface area contributed by atoms with Gasteiger partial charge < -0.3 is 10.2 Å². The molecule has 124 valence electrons. The SMILES string of the molecule is FC(F)(F)Cc1cc2c(N3CCC4NCCC4C3)ncnc2s1. The Hall–Kier alpha value is -1.41. The maximum atomic E-state index is 12.6. The third-order valence-corrected chi connectivity index (χ3v) is 5.73. The zero-order valence-corrected chi connectivity index (χ0v) is 13.3. The number of nitrogens with one attached hydrogen (secondary N) is 1. The maximum absolute atomic E-state index is 12.6. The number of hydrogen-bond donors (Lipinski definition) is 1. The van der Waals surface area contributed by atoms with E-state index in [-0.39, 0.29) is 0 Å². The molecule has 2 fully saturated rings. The highest BCUT2D eigenvalue weighted by Gasteiger charge is 2.34. The summed E-state index contributed by atoms with van der Waals surface area (Å²) >= 11 is 1.11. The lowest BCUT2D eigenvalue weighted by Gasteiger charge is -2.35. The van der Waals surface area contributed by atoms with E-state index in [0.717, 1.165) is 55.0 Å². The molecule has 2 atom stereocenters. The third-order valence-electron chi connectivity index (χ3n) is 4.69. The van der Waals surface area contributed by atoms with Crippen molar-refractivity contribution in [2.75, 3.05) is 24.5 Å². The van der Waals surface area contributed by atoms with E-state index in [9.17, 15) is 13.2 Å². The Bertz CT molecular complexity index is 714. The number of halogens is 3. The second-order valence-corrected chi connectivity index (χ2v) is 7.38. The number of alkyl halides is 3. The summed E-state index contributed by atoms with van der Waals surface area (Å²) < 4.78 is 37.9.